The van der Waals surface area contributed by atoms with Crippen LogP contribution in [0.5, 0.6) is 5.75 Å². The van der Waals surface area contributed by atoms with Crippen molar-refractivity contribution in [3.05, 3.63) is 90.4 Å². The standard InChI is InChI=1S/C27H26N4O4/c32-25(15-19-5-4-12-28-16-19)29-20-8-10-21(11-9-20)35-22-17-31(18-22)24-7-3-6-23(27(33)34)26(24)30-13-1-2-14-30/h1,3-13,16,22H,2,14-15,17-18H2,(H,29,32)(H,33,34). The van der Waals surface area contributed by atoms with Crippen LogP contribution in [-0.2, 0) is 11.2 Å². The van der Waals surface area contributed by atoms with Gasteiger partial charge in [0.05, 0.1) is 36.4 Å². The van der Waals surface area contributed by atoms with Crippen LogP contribution in [-0.4, -0.2) is 47.7 Å². The Labute approximate surface area is 203 Å². The summed E-state index contributed by atoms with van der Waals surface area (Å²) >= 11 is 0. The topological polar surface area (TPSA) is 95.0 Å². The zero-order valence-electron chi connectivity index (χ0n) is 19.1. The number of rotatable bonds is 8. The van der Waals surface area contributed by atoms with Gasteiger partial charge in [-0.2, -0.15) is 0 Å². The highest BCUT2D eigenvalue weighted by atomic mass is 16.5. The highest BCUT2D eigenvalue weighted by Gasteiger charge is 2.32. The number of nitrogens with one attached hydrogen (secondary N) is 1. The molecule has 2 aliphatic heterocycles. The van der Waals surface area contributed by atoms with E-state index in [0.717, 1.165) is 35.7 Å². The number of para-hydroxylation sites is 1. The quantitative estimate of drug-likeness (QED) is 0.515. The Morgan fingerprint density at radius 3 is 2.60 bits per heavy atom. The monoisotopic (exact) mass is 470 g/mol. The van der Waals surface area contributed by atoms with Crippen molar-refractivity contribution in [2.45, 2.75) is 18.9 Å². The van der Waals surface area contributed by atoms with E-state index < -0.39 is 5.97 Å². The number of hydrogen-bond donors (Lipinski definition) is 2. The third-order valence-electron chi connectivity index (χ3n) is 6.07. The minimum Gasteiger partial charge on any atom is -0.487 e. The number of benzene rings is 2. The van der Waals surface area contributed by atoms with Crippen LogP contribution < -0.4 is 19.9 Å². The number of carbonyl (C=O) groups is 2. The van der Waals surface area contributed by atoms with Crippen LogP contribution in [0, 0.1) is 0 Å². The normalized spacial score (nSPS) is 15.1. The average molecular weight is 471 g/mol. The van der Waals surface area contributed by atoms with Gasteiger partial charge in [-0.25, -0.2) is 4.79 Å². The first kappa shape index (κ1) is 22.5. The summed E-state index contributed by atoms with van der Waals surface area (Å²) in [6.07, 6.45) is 8.53. The van der Waals surface area contributed by atoms with Crippen LogP contribution in [0.2, 0.25) is 0 Å². The molecule has 0 unspecified atom stereocenters. The molecule has 0 bridgehead atoms. The minimum atomic E-state index is -0.928. The Kier molecular flexibility index (Phi) is 6.34. The average Bonchev–Trinajstić information content (AvgIpc) is 3.37. The predicted molar refractivity (Wildman–Crippen MR) is 134 cm³/mol. The van der Waals surface area contributed by atoms with Gasteiger partial charge in [-0.3, -0.25) is 9.78 Å². The predicted octanol–water partition coefficient (Wildman–Crippen LogP) is 3.95. The maximum absolute atomic E-state index is 12.2. The largest absolute Gasteiger partial charge is 0.487 e. The van der Waals surface area contributed by atoms with Crippen molar-refractivity contribution in [1.82, 2.24) is 4.98 Å². The molecule has 5 rings (SSSR count). The van der Waals surface area contributed by atoms with E-state index in [9.17, 15) is 14.7 Å². The molecule has 8 heteroatoms. The van der Waals surface area contributed by atoms with Crippen LogP contribution >= 0.6 is 0 Å². The molecule has 0 spiro atoms. The Balaban J connectivity index is 1.18. The van der Waals surface area contributed by atoms with E-state index in [1.807, 2.05) is 53.6 Å². The highest BCUT2D eigenvalue weighted by molar-refractivity contribution is 5.99. The lowest BCUT2D eigenvalue weighted by atomic mass is 10.0. The molecule has 178 valence electrons. The lowest BCUT2D eigenvalue weighted by molar-refractivity contribution is -0.115. The summed E-state index contributed by atoms with van der Waals surface area (Å²) in [5.74, 6) is -0.307. The number of carboxylic acids is 1. The molecule has 35 heavy (non-hydrogen) atoms. The molecular formula is C27H26N4O4. The minimum absolute atomic E-state index is 0.00326. The summed E-state index contributed by atoms with van der Waals surface area (Å²) in [4.78, 5) is 32.2. The van der Waals surface area contributed by atoms with Crippen molar-refractivity contribution in [3.8, 4) is 5.75 Å². The first-order valence-electron chi connectivity index (χ1n) is 11.6. The molecule has 2 N–H and O–H groups in total. The molecule has 1 aromatic heterocycles. The zero-order chi connectivity index (χ0) is 24.2. The molecule has 3 heterocycles. The van der Waals surface area contributed by atoms with E-state index in [1.165, 1.54) is 0 Å². The Bertz CT molecular complexity index is 1240. The number of hydrogen-bond acceptors (Lipinski definition) is 6. The van der Waals surface area contributed by atoms with Crippen molar-refractivity contribution in [2.75, 3.05) is 34.8 Å². The number of aromatic nitrogens is 1. The number of nitrogens with zero attached hydrogens (tertiary/aromatic N) is 3. The Morgan fingerprint density at radius 1 is 1.09 bits per heavy atom. The summed E-state index contributed by atoms with van der Waals surface area (Å²) in [5, 5.41) is 12.6. The van der Waals surface area contributed by atoms with Crippen LogP contribution in [0.25, 0.3) is 0 Å². The van der Waals surface area contributed by atoms with Gasteiger partial charge in [0.25, 0.3) is 0 Å². The van der Waals surface area contributed by atoms with Gasteiger partial charge in [0, 0.05) is 30.8 Å². The molecule has 2 aromatic carbocycles. The number of anilines is 3. The smallest absolute Gasteiger partial charge is 0.337 e. The van der Waals surface area contributed by atoms with Gasteiger partial charge in [-0.05, 0) is 54.4 Å². The first-order valence-corrected chi connectivity index (χ1v) is 11.6. The van der Waals surface area contributed by atoms with Crippen LogP contribution in [0.3, 0.4) is 0 Å². The third-order valence-corrected chi connectivity index (χ3v) is 6.07. The second kappa shape index (κ2) is 9.89. The maximum Gasteiger partial charge on any atom is 0.337 e. The molecule has 0 atom stereocenters. The van der Waals surface area contributed by atoms with Crippen molar-refractivity contribution >= 4 is 28.9 Å². The molecular weight excluding hydrogens is 444 g/mol. The van der Waals surface area contributed by atoms with Crippen LogP contribution in [0.15, 0.2) is 79.3 Å². The van der Waals surface area contributed by atoms with Crippen LogP contribution in [0.4, 0.5) is 17.1 Å². The third kappa shape index (κ3) is 5.11. The van der Waals surface area contributed by atoms with E-state index in [1.54, 1.807) is 24.5 Å². The number of carboxylic acid groups (broad SMARTS) is 1. The molecule has 1 saturated heterocycles. The lowest BCUT2D eigenvalue weighted by Gasteiger charge is -2.42. The lowest BCUT2D eigenvalue weighted by Crippen LogP contribution is -2.54. The van der Waals surface area contributed by atoms with Gasteiger partial charge < -0.3 is 25.0 Å². The van der Waals surface area contributed by atoms with Crippen molar-refractivity contribution in [3.63, 3.8) is 0 Å². The van der Waals surface area contributed by atoms with Gasteiger partial charge in [-0.1, -0.05) is 18.2 Å². The SMILES string of the molecule is O=C(Cc1cccnc1)Nc1ccc(OC2CN(c3cccc(C(=O)O)c3N3C=CCC3)C2)cc1. The fraction of sp³-hybridized carbons (Fsp3) is 0.222. The second-order valence-electron chi connectivity index (χ2n) is 8.60. The van der Waals surface area contributed by atoms with E-state index in [4.69, 9.17) is 4.74 Å². The molecule has 0 radical (unpaired) electrons. The van der Waals surface area contributed by atoms with Gasteiger partial charge in [0.1, 0.15) is 11.9 Å². The molecule has 0 saturated carbocycles. The Hall–Kier alpha value is -4.33. The van der Waals surface area contributed by atoms with Crippen molar-refractivity contribution < 1.29 is 19.4 Å². The molecule has 3 aromatic rings. The number of ether oxygens (including phenoxy) is 1. The number of amides is 1. The van der Waals surface area contributed by atoms with Gasteiger partial charge in [0.15, 0.2) is 0 Å². The van der Waals surface area contributed by atoms with E-state index in [-0.39, 0.29) is 18.4 Å². The summed E-state index contributed by atoms with van der Waals surface area (Å²) in [7, 11) is 0. The first-order chi connectivity index (χ1) is 17.1. The molecule has 0 aliphatic carbocycles. The summed E-state index contributed by atoms with van der Waals surface area (Å²) in [5.41, 5.74) is 3.51. The van der Waals surface area contributed by atoms with Crippen molar-refractivity contribution in [2.24, 2.45) is 0 Å². The van der Waals surface area contributed by atoms with Gasteiger partial charge in [-0.15, -0.1) is 0 Å². The highest BCUT2D eigenvalue weighted by Crippen LogP contribution is 2.37. The van der Waals surface area contributed by atoms with Gasteiger partial charge >= 0.3 is 5.97 Å². The molecule has 1 amide bonds. The van der Waals surface area contributed by atoms with E-state index in [2.05, 4.69) is 21.3 Å². The summed E-state index contributed by atoms with van der Waals surface area (Å²) < 4.78 is 6.09. The van der Waals surface area contributed by atoms with Gasteiger partial charge in [0.2, 0.25) is 5.91 Å². The number of aromatic carboxylic acids is 1. The second-order valence-corrected chi connectivity index (χ2v) is 8.60. The number of carbonyl (C=O) groups excluding carboxylic acids is 1. The summed E-state index contributed by atoms with van der Waals surface area (Å²) in [6.45, 7) is 2.10. The molecule has 1 fully saturated rings. The Morgan fingerprint density at radius 2 is 1.91 bits per heavy atom. The fourth-order valence-electron chi connectivity index (χ4n) is 4.35. The maximum atomic E-state index is 12.2. The zero-order valence-corrected chi connectivity index (χ0v) is 19.1. The van der Waals surface area contributed by atoms with Crippen molar-refractivity contribution in [1.29, 1.82) is 0 Å². The number of pyridine rings is 1. The molecule has 2 aliphatic rings. The van der Waals surface area contributed by atoms with E-state index in [0.29, 0.717) is 24.3 Å². The molecule has 8 nitrogen and oxygen atoms in total. The fourth-order valence-corrected chi connectivity index (χ4v) is 4.35. The van der Waals surface area contributed by atoms with E-state index >= 15 is 0 Å². The van der Waals surface area contributed by atoms with Crippen LogP contribution in [0.1, 0.15) is 22.3 Å². The summed E-state index contributed by atoms with van der Waals surface area (Å²) in [6, 6.07) is 16.4.